The van der Waals surface area contributed by atoms with Gasteiger partial charge < -0.3 is 0 Å². The van der Waals surface area contributed by atoms with Crippen molar-refractivity contribution in [1.82, 2.24) is 15.1 Å². The summed E-state index contributed by atoms with van der Waals surface area (Å²) in [5, 5.41) is 6.91. The lowest BCUT2D eigenvalue weighted by Gasteiger charge is -2.30. The largest absolute Gasteiger partial charge is 0.288 e. The summed E-state index contributed by atoms with van der Waals surface area (Å²) >= 11 is 0. The first kappa shape index (κ1) is 11.2. The second kappa shape index (κ2) is 4.31. The molecule has 1 aromatic rings. The molecular formula is C13H19N3. The Balaban J connectivity index is 2.14. The maximum atomic E-state index is 4.07. The molecule has 1 aliphatic heterocycles. The molecule has 1 fully saturated rings. The van der Waals surface area contributed by atoms with E-state index in [1.807, 2.05) is 13.1 Å². The highest BCUT2D eigenvalue weighted by Crippen LogP contribution is 2.20. The van der Waals surface area contributed by atoms with E-state index in [9.17, 15) is 0 Å². The predicted octanol–water partition coefficient (Wildman–Crippen LogP) is 1.94. The lowest BCUT2D eigenvalue weighted by molar-refractivity contribution is 0.214. The lowest BCUT2D eigenvalue weighted by atomic mass is 10.0. The Kier molecular flexibility index (Phi) is 3.02. The fourth-order valence-corrected chi connectivity index (χ4v) is 2.06. The molecular weight excluding hydrogens is 198 g/mol. The molecule has 0 aliphatic carbocycles. The van der Waals surface area contributed by atoms with Crippen LogP contribution in [0.5, 0.6) is 0 Å². The van der Waals surface area contributed by atoms with E-state index < -0.39 is 0 Å². The van der Waals surface area contributed by atoms with Crippen LogP contribution in [0.3, 0.4) is 0 Å². The number of H-pyrrole nitrogens is 1. The van der Waals surface area contributed by atoms with Crippen molar-refractivity contribution in [2.24, 2.45) is 0 Å². The number of hydrogen-bond donors (Lipinski definition) is 1. The number of aromatic amines is 1. The molecule has 0 atom stereocenters. The van der Waals surface area contributed by atoms with Gasteiger partial charge in [-0.3, -0.25) is 10.00 Å². The van der Waals surface area contributed by atoms with E-state index in [4.69, 9.17) is 0 Å². The van der Waals surface area contributed by atoms with Crippen molar-refractivity contribution < 1.29 is 0 Å². The van der Waals surface area contributed by atoms with Gasteiger partial charge in [0.2, 0.25) is 0 Å². The van der Waals surface area contributed by atoms with Gasteiger partial charge >= 0.3 is 0 Å². The predicted molar refractivity (Wildman–Crippen MR) is 65.1 cm³/mol. The number of likely N-dealkylation sites (tertiary alicyclic amines) is 1. The smallest absolute Gasteiger partial charge is 0.0772 e. The molecule has 0 spiro atoms. The van der Waals surface area contributed by atoms with Crippen LogP contribution >= 0.6 is 0 Å². The minimum atomic E-state index is -0.0276. The Morgan fingerprint density at radius 2 is 2.06 bits per heavy atom. The lowest BCUT2D eigenvalue weighted by Crippen LogP contribution is -2.40. The molecule has 2 rings (SSSR count). The van der Waals surface area contributed by atoms with Gasteiger partial charge in [0.15, 0.2) is 0 Å². The fourth-order valence-electron chi connectivity index (χ4n) is 2.06. The van der Waals surface area contributed by atoms with Crippen molar-refractivity contribution in [1.29, 1.82) is 0 Å². The van der Waals surface area contributed by atoms with Gasteiger partial charge in [0.25, 0.3) is 0 Å². The number of aromatic nitrogens is 2. The van der Waals surface area contributed by atoms with Crippen molar-refractivity contribution >= 4 is 0 Å². The Morgan fingerprint density at radius 1 is 1.38 bits per heavy atom. The normalized spacial score (nSPS) is 17.2. The Bertz CT molecular complexity index is 414. The highest BCUT2D eigenvalue weighted by Gasteiger charge is 2.26. The first-order chi connectivity index (χ1) is 7.59. The third kappa shape index (κ3) is 2.28. The Morgan fingerprint density at radius 3 is 2.62 bits per heavy atom. The molecule has 1 N–H and O–H groups in total. The van der Waals surface area contributed by atoms with Crippen LogP contribution in [0.4, 0.5) is 0 Å². The summed E-state index contributed by atoms with van der Waals surface area (Å²) in [5.74, 6) is 6.58. The van der Waals surface area contributed by atoms with Crippen LogP contribution < -0.4 is 0 Å². The summed E-state index contributed by atoms with van der Waals surface area (Å²) in [4.78, 5) is 2.45. The van der Waals surface area contributed by atoms with Gasteiger partial charge in [-0.15, -0.1) is 0 Å². The van der Waals surface area contributed by atoms with Gasteiger partial charge in [0.1, 0.15) is 0 Å². The van der Waals surface area contributed by atoms with E-state index in [0.29, 0.717) is 0 Å². The van der Waals surface area contributed by atoms with E-state index in [0.717, 1.165) is 11.3 Å². The summed E-state index contributed by atoms with van der Waals surface area (Å²) in [6.45, 7) is 8.71. The van der Waals surface area contributed by atoms with Crippen LogP contribution in [0.25, 0.3) is 0 Å². The van der Waals surface area contributed by atoms with Crippen molar-refractivity contribution in [2.75, 3.05) is 13.1 Å². The quantitative estimate of drug-likeness (QED) is 0.729. The number of aryl methyl sites for hydroxylation is 1. The molecule has 0 unspecified atom stereocenters. The molecule has 1 aliphatic rings. The maximum Gasteiger partial charge on any atom is 0.0772 e. The van der Waals surface area contributed by atoms with Crippen molar-refractivity contribution in [2.45, 2.75) is 39.2 Å². The zero-order valence-electron chi connectivity index (χ0n) is 10.3. The molecule has 3 heteroatoms. The molecule has 0 aromatic carbocycles. The van der Waals surface area contributed by atoms with E-state index in [-0.39, 0.29) is 5.54 Å². The summed E-state index contributed by atoms with van der Waals surface area (Å²) in [6.07, 6.45) is 4.47. The van der Waals surface area contributed by atoms with E-state index in [2.05, 4.69) is 40.8 Å². The van der Waals surface area contributed by atoms with Gasteiger partial charge in [0.05, 0.1) is 16.8 Å². The molecule has 0 saturated carbocycles. The molecule has 0 amide bonds. The van der Waals surface area contributed by atoms with Gasteiger partial charge in [-0.25, -0.2) is 0 Å². The zero-order valence-corrected chi connectivity index (χ0v) is 10.3. The van der Waals surface area contributed by atoms with Crippen LogP contribution in [0.15, 0.2) is 6.20 Å². The minimum Gasteiger partial charge on any atom is -0.288 e. The zero-order chi connectivity index (χ0) is 11.6. The van der Waals surface area contributed by atoms with Gasteiger partial charge in [0, 0.05) is 6.20 Å². The molecule has 1 saturated heterocycles. The monoisotopic (exact) mass is 217 g/mol. The summed E-state index contributed by atoms with van der Waals surface area (Å²) in [7, 11) is 0. The molecule has 0 radical (unpaired) electrons. The number of nitrogens with zero attached hydrogens (tertiary/aromatic N) is 2. The first-order valence-corrected chi connectivity index (χ1v) is 5.88. The highest BCUT2D eigenvalue weighted by atomic mass is 15.2. The van der Waals surface area contributed by atoms with E-state index in [1.54, 1.807) is 0 Å². The van der Waals surface area contributed by atoms with Crippen molar-refractivity contribution in [3.63, 3.8) is 0 Å². The van der Waals surface area contributed by atoms with Crippen LogP contribution in [0.2, 0.25) is 0 Å². The van der Waals surface area contributed by atoms with Gasteiger partial charge in [-0.05, 0) is 46.7 Å². The van der Waals surface area contributed by atoms with Crippen molar-refractivity contribution in [3.05, 3.63) is 17.5 Å². The van der Waals surface area contributed by atoms with E-state index >= 15 is 0 Å². The second-order valence-corrected chi connectivity index (χ2v) is 4.89. The van der Waals surface area contributed by atoms with Gasteiger partial charge in [-0.1, -0.05) is 11.8 Å². The molecule has 16 heavy (non-hydrogen) atoms. The van der Waals surface area contributed by atoms with Crippen LogP contribution in [0.1, 0.15) is 37.9 Å². The topological polar surface area (TPSA) is 31.9 Å². The van der Waals surface area contributed by atoms with Crippen molar-refractivity contribution in [3.8, 4) is 11.8 Å². The number of nitrogens with one attached hydrogen (secondary N) is 1. The fraction of sp³-hybridized carbons (Fsp3) is 0.615. The standard InChI is InChI=1S/C13H19N3/c1-11-12(10-14-15-11)6-7-13(2,3)16-8-4-5-9-16/h10H,4-5,8-9H2,1-3H3,(H,14,15). The minimum absolute atomic E-state index is 0.0276. The van der Waals surface area contributed by atoms with Crippen LogP contribution in [-0.2, 0) is 0 Å². The summed E-state index contributed by atoms with van der Waals surface area (Å²) in [6, 6.07) is 0. The molecule has 1 aromatic heterocycles. The third-order valence-electron chi connectivity index (χ3n) is 3.23. The molecule has 3 nitrogen and oxygen atoms in total. The molecule has 86 valence electrons. The number of rotatable bonds is 1. The number of hydrogen-bond acceptors (Lipinski definition) is 2. The third-order valence-corrected chi connectivity index (χ3v) is 3.23. The Hall–Kier alpha value is -1.27. The summed E-state index contributed by atoms with van der Waals surface area (Å²) in [5.41, 5.74) is 1.96. The summed E-state index contributed by atoms with van der Waals surface area (Å²) < 4.78 is 0. The SMILES string of the molecule is Cc1n[nH]cc1C#CC(C)(C)N1CCCC1. The van der Waals surface area contributed by atoms with E-state index in [1.165, 1.54) is 25.9 Å². The van der Waals surface area contributed by atoms with Crippen LogP contribution in [-0.4, -0.2) is 33.7 Å². The molecule has 0 bridgehead atoms. The Labute approximate surface area is 97.2 Å². The highest BCUT2D eigenvalue weighted by molar-refractivity contribution is 5.37. The average Bonchev–Trinajstić information content (AvgIpc) is 2.85. The first-order valence-electron chi connectivity index (χ1n) is 5.88. The van der Waals surface area contributed by atoms with Gasteiger partial charge in [-0.2, -0.15) is 5.10 Å². The molecule has 2 heterocycles. The van der Waals surface area contributed by atoms with Crippen LogP contribution in [0, 0.1) is 18.8 Å². The second-order valence-electron chi connectivity index (χ2n) is 4.89. The maximum absolute atomic E-state index is 4.07. The average molecular weight is 217 g/mol.